The maximum Gasteiger partial charge on any atom is 0.303 e. The summed E-state index contributed by atoms with van der Waals surface area (Å²) in [7, 11) is 0. The molecule has 1 fully saturated rings. The van der Waals surface area contributed by atoms with E-state index in [4.69, 9.17) is 5.11 Å². The van der Waals surface area contributed by atoms with E-state index in [9.17, 15) is 9.59 Å². The first-order chi connectivity index (χ1) is 7.15. The number of rotatable bonds is 6. The van der Waals surface area contributed by atoms with Gasteiger partial charge in [-0.25, -0.2) is 0 Å². The van der Waals surface area contributed by atoms with Crippen LogP contribution in [0.1, 0.15) is 38.5 Å². The van der Waals surface area contributed by atoms with E-state index in [2.05, 4.69) is 6.58 Å². The second kappa shape index (κ2) is 5.69. The van der Waals surface area contributed by atoms with Gasteiger partial charge >= 0.3 is 5.97 Å². The van der Waals surface area contributed by atoms with Crippen LogP contribution in [0.15, 0.2) is 12.7 Å². The predicted octanol–water partition coefficient (Wildman–Crippen LogP) is 2.41. The van der Waals surface area contributed by atoms with Crippen LogP contribution < -0.4 is 0 Å². The minimum absolute atomic E-state index is 0.0129. The van der Waals surface area contributed by atoms with Crippen LogP contribution in [0.25, 0.3) is 0 Å². The third-order valence-corrected chi connectivity index (χ3v) is 3.10. The van der Waals surface area contributed by atoms with Gasteiger partial charge in [-0.05, 0) is 31.6 Å². The molecule has 2 atom stereocenters. The summed E-state index contributed by atoms with van der Waals surface area (Å²) in [4.78, 5) is 22.2. The Morgan fingerprint density at radius 3 is 2.93 bits per heavy atom. The Morgan fingerprint density at radius 1 is 1.60 bits per heavy atom. The molecule has 3 nitrogen and oxygen atoms in total. The number of carboxylic acid groups (broad SMARTS) is 1. The first-order valence-corrected chi connectivity index (χ1v) is 5.50. The first-order valence-electron chi connectivity index (χ1n) is 5.50. The maximum absolute atomic E-state index is 11.5. The third kappa shape index (κ3) is 3.50. The molecule has 0 radical (unpaired) electrons. The van der Waals surface area contributed by atoms with Gasteiger partial charge in [-0.3, -0.25) is 9.59 Å². The van der Waals surface area contributed by atoms with Gasteiger partial charge in [0.2, 0.25) is 0 Å². The second-order valence-corrected chi connectivity index (χ2v) is 4.19. The van der Waals surface area contributed by atoms with E-state index in [1.807, 2.05) is 6.08 Å². The molecule has 1 saturated carbocycles. The normalized spacial score (nSPS) is 25.5. The van der Waals surface area contributed by atoms with Crippen molar-refractivity contribution in [2.75, 3.05) is 0 Å². The fraction of sp³-hybridized carbons (Fsp3) is 0.667. The molecule has 15 heavy (non-hydrogen) atoms. The van der Waals surface area contributed by atoms with Gasteiger partial charge in [-0.2, -0.15) is 0 Å². The Bertz CT molecular complexity index is 258. The highest BCUT2D eigenvalue weighted by Gasteiger charge is 2.34. The smallest absolute Gasteiger partial charge is 0.303 e. The number of Topliss-reactive ketones (excluding diaryl/α,β-unsaturated/α-hetero) is 1. The van der Waals surface area contributed by atoms with Crippen LogP contribution in [0, 0.1) is 11.8 Å². The number of hydrogen-bond donors (Lipinski definition) is 1. The Hall–Kier alpha value is -1.12. The maximum atomic E-state index is 11.5. The van der Waals surface area contributed by atoms with E-state index in [0.717, 1.165) is 25.7 Å². The standard InChI is InChI=1S/C12H18O3/c1-2-3-4-5-10-9(8-12(14)15)6-7-11(10)13/h2,9-10H,1,3-8H2,(H,14,15). The van der Waals surface area contributed by atoms with Crippen LogP contribution in [0.4, 0.5) is 0 Å². The third-order valence-electron chi connectivity index (χ3n) is 3.10. The van der Waals surface area contributed by atoms with E-state index in [0.29, 0.717) is 6.42 Å². The molecule has 0 amide bonds. The van der Waals surface area contributed by atoms with Crippen LogP contribution in [0.2, 0.25) is 0 Å². The molecular weight excluding hydrogens is 192 g/mol. The van der Waals surface area contributed by atoms with Crippen LogP contribution in [-0.2, 0) is 9.59 Å². The van der Waals surface area contributed by atoms with Crippen molar-refractivity contribution in [3.8, 4) is 0 Å². The molecule has 0 aliphatic heterocycles. The molecular formula is C12H18O3. The highest BCUT2D eigenvalue weighted by Crippen LogP contribution is 2.34. The molecule has 0 heterocycles. The van der Waals surface area contributed by atoms with Crippen LogP contribution >= 0.6 is 0 Å². The minimum Gasteiger partial charge on any atom is -0.481 e. The van der Waals surface area contributed by atoms with Gasteiger partial charge in [0, 0.05) is 18.8 Å². The summed E-state index contributed by atoms with van der Waals surface area (Å²) in [5.74, 6) is -0.477. The van der Waals surface area contributed by atoms with Crippen LogP contribution in [0.5, 0.6) is 0 Å². The van der Waals surface area contributed by atoms with Crippen molar-refractivity contribution in [1.82, 2.24) is 0 Å². The lowest BCUT2D eigenvalue weighted by molar-refractivity contribution is -0.138. The molecule has 0 aromatic rings. The Morgan fingerprint density at radius 2 is 2.33 bits per heavy atom. The van der Waals surface area contributed by atoms with E-state index >= 15 is 0 Å². The van der Waals surface area contributed by atoms with Crippen LogP contribution in [-0.4, -0.2) is 16.9 Å². The molecule has 1 aliphatic carbocycles. The van der Waals surface area contributed by atoms with Gasteiger partial charge < -0.3 is 5.11 Å². The highest BCUT2D eigenvalue weighted by molar-refractivity contribution is 5.84. The van der Waals surface area contributed by atoms with Crippen LogP contribution in [0.3, 0.4) is 0 Å². The van der Waals surface area contributed by atoms with E-state index in [-0.39, 0.29) is 24.0 Å². The van der Waals surface area contributed by atoms with Gasteiger partial charge in [0.15, 0.2) is 0 Å². The molecule has 0 aromatic heterocycles. The van der Waals surface area contributed by atoms with E-state index in [1.54, 1.807) is 0 Å². The average Bonchev–Trinajstić information content (AvgIpc) is 2.49. The number of carboxylic acids is 1. The predicted molar refractivity (Wildman–Crippen MR) is 57.5 cm³/mol. The second-order valence-electron chi connectivity index (χ2n) is 4.19. The molecule has 2 unspecified atom stereocenters. The molecule has 1 rings (SSSR count). The summed E-state index contributed by atoms with van der Waals surface area (Å²) in [5.41, 5.74) is 0. The minimum atomic E-state index is -0.788. The van der Waals surface area contributed by atoms with E-state index < -0.39 is 5.97 Å². The number of ketones is 1. The summed E-state index contributed by atoms with van der Waals surface area (Å²) >= 11 is 0. The molecule has 1 N–H and O–H groups in total. The summed E-state index contributed by atoms with van der Waals surface area (Å²) in [6.45, 7) is 3.63. The van der Waals surface area contributed by atoms with Crippen molar-refractivity contribution in [1.29, 1.82) is 0 Å². The summed E-state index contributed by atoms with van der Waals surface area (Å²) in [6, 6.07) is 0. The van der Waals surface area contributed by atoms with Crippen molar-refractivity contribution >= 4 is 11.8 Å². The van der Waals surface area contributed by atoms with Crippen molar-refractivity contribution in [3.05, 3.63) is 12.7 Å². The number of allylic oxidation sites excluding steroid dienone is 1. The SMILES string of the molecule is C=CCCCC1C(=O)CCC1CC(=O)O. The molecule has 84 valence electrons. The zero-order chi connectivity index (χ0) is 11.3. The quantitative estimate of drug-likeness (QED) is 0.541. The van der Waals surface area contributed by atoms with Crippen molar-refractivity contribution < 1.29 is 14.7 Å². The largest absolute Gasteiger partial charge is 0.481 e. The van der Waals surface area contributed by atoms with Crippen molar-refractivity contribution in [2.45, 2.75) is 38.5 Å². The Labute approximate surface area is 90.2 Å². The zero-order valence-corrected chi connectivity index (χ0v) is 8.95. The number of carbonyl (C=O) groups is 2. The average molecular weight is 210 g/mol. The van der Waals surface area contributed by atoms with Gasteiger partial charge in [0.1, 0.15) is 5.78 Å². The number of unbranched alkanes of at least 4 members (excludes halogenated alkanes) is 1. The molecule has 1 aliphatic rings. The Balaban J connectivity index is 2.45. The molecule has 0 spiro atoms. The molecule has 0 aromatic carbocycles. The lowest BCUT2D eigenvalue weighted by Crippen LogP contribution is -2.17. The van der Waals surface area contributed by atoms with Gasteiger partial charge in [-0.15, -0.1) is 6.58 Å². The van der Waals surface area contributed by atoms with Gasteiger partial charge in [0.25, 0.3) is 0 Å². The highest BCUT2D eigenvalue weighted by atomic mass is 16.4. The monoisotopic (exact) mass is 210 g/mol. The lowest BCUT2D eigenvalue weighted by atomic mass is 9.88. The zero-order valence-electron chi connectivity index (χ0n) is 8.95. The van der Waals surface area contributed by atoms with Gasteiger partial charge in [0.05, 0.1) is 0 Å². The number of carbonyl (C=O) groups excluding carboxylic acids is 1. The molecule has 0 saturated heterocycles. The summed E-state index contributed by atoms with van der Waals surface area (Å²) in [6.07, 6.45) is 5.97. The number of hydrogen-bond acceptors (Lipinski definition) is 2. The summed E-state index contributed by atoms with van der Waals surface area (Å²) < 4.78 is 0. The lowest BCUT2D eigenvalue weighted by Gasteiger charge is -2.15. The topological polar surface area (TPSA) is 54.4 Å². The summed E-state index contributed by atoms with van der Waals surface area (Å²) in [5, 5.41) is 8.72. The van der Waals surface area contributed by atoms with Gasteiger partial charge in [-0.1, -0.05) is 6.08 Å². The van der Waals surface area contributed by atoms with Crippen molar-refractivity contribution in [2.24, 2.45) is 11.8 Å². The fourth-order valence-electron chi connectivity index (χ4n) is 2.32. The molecule has 0 bridgehead atoms. The van der Waals surface area contributed by atoms with E-state index in [1.165, 1.54) is 0 Å². The first kappa shape index (κ1) is 12.0. The fourth-order valence-corrected chi connectivity index (χ4v) is 2.32. The Kier molecular flexibility index (Phi) is 4.53. The molecule has 3 heteroatoms. The van der Waals surface area contributed by atoms with Crippen molar-refractivity contribution in [3.63, 3.8) is 0 Å². The number of aliphatic carboxylic acids is 1.